The summed E-state index contributed by atoms with van der Waals surface area (Å²) in [5.41, 5.74) is 0.243. The Hall–Kier alpha value is -1.07. The van der Waals surface area contributed by atoms with Crippen LogP contribution in [0.1, 0.15) is 45.4 Å². The van der Waals surface area contributed by atoms with Gasteiger partial charge in [0.1, 0.15) is 12.8 Å². The number of aliphatic hydroxyl groups excluding tert-OH is 2. The third-order valence-corrected chi connectivity index (χ3v) is 7.82. The maximum Gasteiger partial charge on any atom is 0.161 e. The van der Waals surface area contributed by atoms with E-state index < -0.39 is 18.9 Å². The van der Waals surface area contributed by atoms with E-state index in [0.717, 1.165) is 12.8 Å². The lowest BCUT2D eigenvalue weighted by Crippen LogP contribution is -2.55. The van der Waals surface area contributed by atoms with Crippen LogP contribution >= 0.6 is 0 Å². The predicted molar refractivity (Wildman–Crippen MR) is 89.3 cm³/mol. The van der Waals surface area contributed by atoms with Crippen LogP contribution in [0.4, 0.5) is 4.39 Å². The molecule has 2 N–H and O–H groups in total. The molecule has 0 aromatic carbocycles. The van der Waals surface area contributed by atoms with Gasteiger partial charge in [0.05, 0.1) is 6.10 Å². The first-order valence-corrected chi connectivity index (χ1v) is 9.57. The molecule has 4 aliphatic rings. The number of carbonyl (C=O) groups excluding carboxylic acids is 2. The van der Waals surface area contributed by atoms with Crippen molar-refractivity contribution in [3.63, 3.8) is 0 Å². The highest BCUT2D eigenvalue weighted by molar-refractivity contribution is 5.91. The van der Waals surface area contributed by atoms with Crippen molar-refractivity contribution in [1.29, 1.82) is 0 Å². The van der Waals surface area contributed by atoms with Crippen molar-refractivity contribution in [2.24, 2.45) is 35.0 Å². The first kappa shape index (κ1) is 17.3. The predicted octanol–water partition coefficient (Wildman–Crippen LogP) is 2.22. The highest BCUT2D eigenvalue weighted by Gasteiger charge is 2.61. The van der Waals surface area contributed by atoms with Gasteiger partial charge in [0.25, 0.3) is 0 Å². The quantitative estimate of drug-likeness (QED) is 0.801. The van der Waals surface area contributed by atoms with Gasteiger partial charge >= 0.3 is 0 Å². The average Bonchev–Trinajstić information content (AvgIpc) is 2.91. The second-order valence-electron chi connectivity index (χ2n) is 8.84. The highest BCUT2D eigenvalue weighted by atomic mass is 19.1. The summed E-state index contributed by atoms with van der Waals surface area (Å²) in [5.74, 6) is -0.175. The molecule has 0 saturated heterocycles. The fourth-order valence-corrected chi connectivity index (χ4v) is 6.87. The zero-order chi connectivity index (χ0) is 17.9. The van der Waals surface area contributed by atoms with Crippen molar-refractivity contribution < 1.29 is 24.2 Å². The second-order valence-corrected chi connectivity index (χ2v) is 8.84. The number of allylic oxidation sites excluding steroid dienone is 1. The fraction of sp³-hybridized carbons (Fsp3) is 0.800. The van der Waals surface area contributed by atoms with Gasteiger partial charge in [0, 0.05) is 12.3 Å². The zero-order valence-electron chi connectivity index (χ0n) is 14.7. The number of alkyl halides is 1. The molecule has 4 nitrogen and oxygen atoms in total. The van der Waals surface area contributed by atoms with Crippen molar-refractivity contribution in [2.45, 2.75) is 57.7 Å². The molecule has 25 heavy (non-hydrogen) atoms. The first-order chi connectivity index (χ1) is 11.9. The maximum atomic E-state index is 14.9. The van der Waals surface area contributed by atoms with E-state index in [4.69, 9.17) is 0 Å². The van der Waals surface area contributed by atoms with E-state index in [-0.39, 0.29) is 46.6 Å². The standard InChI is InChI=1S/C20H27FO4/c1-20-8-17(24)19-11-3-2-10(23)6-12(11)16(21)7-13(19)14(20)4-5-15(20)18(25)9-22/h6,11,13-17,19,22,24H,2-5,7-9H2,1H3/t11-,13-,14-,15+,16-,17+,19+,20-/m0/s1. The van der Waals surface area contributed by atoms with E-state index in [1.807, 2.05) is 6.92 Å². The third kappa shape index (κ3) is 2.46. The summed E-state index contributed by atoms with van der Waals surface area (Å²) in [6.45, 7) is 1.59. The summed E-state index contributed by atoms with van der Waals surface area (Å²) in [6, 6.07) is 0. The lowest BCUT2D eigenvalue weighted by atomic mass is 9.50. The Morgan fingerprint density at radius 3 is 2.84 bits per heavy atom. The number of fused-ring (bicyclic) bond motifs is 5. The van der Waals surface area contributed by atoms with Crippen LogP contribution in [0.5, 0.6) is 0 Å². The lowest BCUT2D eigenvalue weighted by molar-refractivity contribution is -0.141. The molecule has 0 unspecified atom stereocenters. The van der Waals surface area contributed by atoms with Crippen molar-refractivity contribution in [3.8, 4) is 0 Å². The molecule has 0 bridgehead atoms. The summed E-state index contributed by atoms with van der Waals surface area (Å²) in [5, 5.41) is 20.3. The number of halogens is 1. The Balaban J connectivity index is 1.69. The van der Waals surface area contributed by atoms with Gasteiger partial charge in [-0.1, -0.05) is 6.92 Å². The maximum absolute atomic E-state index is 14.9. The van der Waals surface area contributed by atoms with E-state index in [0.29, 0.717) is 31.3 Å². The lowest BCUT2D eigenvalue weighted by Gasteiger charge is -2.56. The number of hydrogen-bond acceptors (Lipinski definition) is 4. The molecule has 3 fully saturated rings. The van der Waals surface area contributed by atoms with Crippen LogP contribution in [0, 0.1) is 35.0 Å². The van der Waals surface area contributed by atoms with E-state index in [1.54, 1.807) is 0 Å². The van der Waals surface area contributed by atoms with Gasteiger partial charge in [0.15, 0.2) is 11.6 Å². The van der Waals surface area contributed by atoms with Crippen LogP contribution in [-0.2, 0) is 9.59 Å². The van der Waals surface area contributed by atoms with Crippen LogP contribution < -0.4 is 0 Å². The summed E-state index contributed by atoms with van der Waals surface area (Å²) < 4.78 is 14.9. The van der Waals surface area contributed by atoms with Crippen LogP contribution in [0.25, 0.3) is 0 Å². The molecule has 0 aliphatic heterocycles. The van der Waals surface area contributed by atoms with Crippen LogP contribution in [-0.4, -0.2) is 40.7 Å². The summed E-state index contributed by atoms with van der Waals surface area (Å²) >= 11 is 0. The van der Waals surface area contributed by atoms with Gasteiger partial charge in [-0.15, -0.1) is 0 Å². The first-order valence-electron chi connectivity index (χ1n) is 9.57. The smallest absolute Gasteiger partial charge is 0.161 e. The minimum Gasteiger partial charge on any atom is -0.393 e. The molecule has 5 heteroatoms. The number of rotatable bonds is 2. The SMILES string of the molecule is C[C@]12C[C@@H](O)[C@H]3[C@@H](C[C@H](F)C4=CC(=O)CC[C@@H]43)[C@@H]1CC[C@@H]2C(=O)CO. The summed E-state index contributed by atoms with van der Waals surface area (Å²) in [7, 11) is 0. The topological polar surface area (TPSA) is 74.6 Å². The summed E-state index contributed by atoms with van der Waals surface area (Å²) in [4.78, 5) is 23.9. The van der Waals surface area contributed by atoms with Gasteiger partial charge < -0.3 is 10.2 Å². The molecule has 138 valence electrons. The fourth-order valence-electron chi connectivity index (χ4n) is 6.87. The van der Waals surface area contributed by atoms with E-state index in [2.05, 4.69) is 0 Å². The monoisotopic (exact) mass is 350 g/mol. The molecule has 4 aliphatic carbocycles. The normalized spacial score (nSPS) is 49.0. The van der Waals surface area contributed by atoms with Gasteiger partial charge in [0.2, 0.25) is 0 Å². The Labute approximate surface area is 147 Å². The number of carbonyl (C=O) groups is 2. The van der Waals surface area contributed by atoms with E-state index >= 15 is 0 Å². The Morgan fingerprint density at radius 1 is 1.36 bits per heavy atom. The van der Waals surface area contributed by atoms with Gasteiger partial charge in [-0.3, -0.25) is 9.59 Å². The van der Waals surface area contributed by atoms with Crippen molar-refractivity contribution >= 4 is 11.6 Å². The molecule has 0 radical (unpaired) electrons. The second kappa shape index (κ2) is 5.98. The molecule has 4 rings (SSSR count). The molecule has 0 heterocycles. The van der Waals surface area contributed by atoms with Crippen molar-refractivity contribution in [2.75, 3.05) is 6.61 Å². The number of Topliss-reactive ketones (excluding diaryl/α,β-unsaturated/α-hetero) is 1. The molecule has 0 amide bonds. The van der Waals surface area contributed by atoms with Gasteiger partial charge in [-0.25, -0.2) is 4.39 Å². The number of ketones is 2. The van der Waals surface area contributed by atoms with Crippen LogP contribution in [0.15, 0.2) is 11.6 Å². The van der Waals surface area contributed by atoms with Crippen LogP contribution in [0.3, 0.4) is 0 Å². The Bertz CT molecular complexity index is 629. The van der Waals surface area contributed by atoms with Crippen molar-refractivity contribution in [3.05, 3.63) is 11.6 Å². The Morgan fingerprint density at radius 2 is 2.12 bits per heavy atom. The number of aliphatic hydroxyl groups is 2. The molecular formula is C20H27FO4. The third-order valence-electron chi connectivity index (χ3n) is 7.82. The van der Waals surface area contributed by atoms with E-state index in [1.165, 1.54) is 6.08 Å². The molecule has 0 spiro atoms. The molecular weight excluding hydrogens is 323 g/mol. The van der Waals surface area contributed by atoms with E-state index in [9.17, 15) is 24.2 Å². The minimum atomic E-state index is -1.11. The largest absolute Gasteiger partial charge is 0.393 e. The van der Waals surface area contributed by atoms with Crippen molar-refractivity contribution in [1.82, 2.24) is 0 Å². The minimum absolute atomic E-state index is 0.00281. The van der Waals surface area contributed by atoms with Gasteiger partial charge in [-0.05, 0) is 72.8 Å². The summed E-state index contributed by atoms with van der Waals surface area (Å²) in [6.07, 6.45) is 3.32. The average molecular weight is 350 g/mol. The Kier molecular flexibility index (Phi) is 4.15. The zero-order valence-corrected chi connectivity index (χ0v) is 14.7. The molecule has 3 saturated carbocycles. The molecule has 0 aromatic rings. The molecule has 0 aromatic heterocycles. The van der Waals surface area contributed by atoms with Gasteiger partial charge in [-0.2, -0.15) is 0 Å². The number of hydrogen-bond donors (Lipinski definition) is 2. The molecule has 8 atom stereocenters. The van der Waals surface area contributed by atoms with Crippen LogP contribution in [0.2, 0.25) is 0 Å². The highest BCUT2D eigenvalue weighted by Crippen LogP contribution is 2.64.